The van der Waals surface area contributed by atoms with Gasteiger partial charge < -0.3 is 5.32 Å². The molecule has 0 spiro atoms. The molecule has 0 aliphatic heterocycles. The van der Waals surface area contributed by atoms with E-state index in [1.54, 1.807) is 0 Å². The van der Waals surface area contributed by atoms with Gasteiger partial charge in [0.15, 0.2) is 0 Å². The van der Waals surface area contributed by atoms with Crippen LogP contribution in [-0.4, -0.2) is 6.54 Å². The van der Waals surface area contributed by atoms with Crippen molar-refractivity contribution in [1.82, 2.24) is 5.32 Å². The van der Waals surface area contributed by atoms with Gasteiger partial charge in [-0.1, -0.05) is 64.8 Å². The third-order valence-electron chi connectivity index (χ3n) is 3.89. The summed E-state index contributed by atoms with van der Waals surface area (Å²) >= 11 is 3.65. The van der Waals surface area contributed by atoms with Gasteiger partial charge in [0.1, 0.15) is 0 Å². The number of rotatable bonds is 6. The quantitative estimate of drug-likeness (QED) is 0.743. The second kappa shape index (κ2) is 7.77. The summed E-state index contributed by atoms with van der Waals surface area (Å²) in [5, 5.41) is 3.70. The van der Waals surface area contributed by atoms with Gasteiger partial charge in [0.2, 0.25) is 0 Å². The van der Waals surface area contributed by atoms with Crippen molar-refractivity contribution in [3.63, 3.8) is 0 Å². The Morgan fingerprint density at radius 3 is 2.43 bits per heavy atom. The molecule has 0 fully saturated rings. The van der Waals surface area contributed by atoms with E-state index in [0.717, 1.165) is 19.4 Å². The fraction of sp³-hybridized carbons (Fsp3) is 0.368. The van der Waals surface area contributed by atoms with Crippen molar-refractivity contribution >= 4 is 15.9 Å². The van der Waals surface area contributed by atoms with Crippen LogP contribution in [0.1, 0.15) is 41.6 Å². The first-order chi connectivity index (χ1) is 10.1. The van der Waals surface area contributed by atoms with Crippen LogP contribution in [0.4, 0.5) is 0 Å². The number of benzene rings is 2. The molecule has 0 bridgehead atoms. The van der Waals surface area contributed by atoms with Crippen LogP contribution >= 0.6 is 15.9 Å². The van der Waals surface area contributed by atoms with Crippen molar-refractivity contribution in [3.8, 4) is 0 Å². The van der Waals surface area contributed by atoms with Gasteiger partial charge in [-0.25, -0.2) is 0 Å². The minimum atomic E-state index is 0.366. The Kier molecular flexibility index (Phi) is 6.01. The Bertz CT molecular complexity index is 575. The number of nitrogens with one attached hydrogen (secondary N) is 1. The van der Waals surface area contributed by atoms with E-state index in [9.17, 15) is 0 Å². The van der Waals surface area contributed by atoms with E-state index in [4.69, 9.17) is 0 Å². The van der Waals surface area contributed by atoms with Gasteiger partial charge in [0.25, 0.3) is 0 Å². The third kappa shape index (κ3) is 4.42. The molecule has 1 atom stereocenters. The highest BCUT2D eigenvalue weighted by atomic mass is 79.9. The molecule has 0 aliphatic rings. The normalized spacial score (nSPS) is 12.4. The van der Waals surface area contributed by atoms with E-state index in [0.29, 0.717) is 6.04 Å². The Hall–Kier alpha value is -1.12. The average Bonchev–Trinajstić information content (AvgIpc) is 2.48. The number of hydrogen-bond donors (Lipinski definition) is 1. The molecule has 1 nitrogen and oxygen atoms in total. The molecule has 112 valence electrons. The van der Waals surface area contributed by atoms with Crippen LogP contribution in [0.2, 0.25) is 0 Å². The fourth-order valence-corrected chi connectivity index (χ4v) is 2.95. The van der Waals surface area contributed by atoms with E-state index in [1.165, 1.54) is 26.7 Å². The molecule has 21 heavy (non-hydrogen) atoms. The maximum Gasteiger partial charge on any atom is 0.0363 e. The molecular weight excluding hydrogens is 322 g/mol. The zero-order chi connectivity index (χ0) is 15.2. The number of aryl methyl sites for hydroxylation is 1. The van der Waals surface area contributed by atoms with Gasteiger partial charge in [-0.05, 0) is 56.0 Å². The first-order valence-corrected chi connectivity index (χ1v) is 8.45. The van der Waals surface area contributed by atoms with Gasteiger partial charge >= 0.3 is 0 Å². The van der Waals surface area contributed by atoms with E-state index in [2.05, 4.69) is 84.5 Å². The van der Waals surface area contributed by atoms with Crippen LogP contribution in [0.5, 0.6) is 0 Å². The molecule has 0 saturated heterocycles. The fourth-order valence-electron chi connectivity index (χ4n) is 2.57. The van der Waals surface area contributed by atoms with E-state index in [1.807, 2.05) is 0 Å². The molecule has 2 aromatic rings. The number of hydrogen-bond acceptors (Lipinski definition) is 1. The minimum absolute atomic E-state index is 0.366. The van der Waals surface area contributed by atoms with Crippen LogP contribution in [0.25, 0.3) is 0 Å². The molecule has 1 unspecified atom stereocenters. The van der Waals surface area contributed by atoms with Crippen LogP contribution in [0.15, 0.2) is 46.9 Å². The Morgan fingerprint density at radius 2 is 1.76 bits per heavy atom. The zero-order valence-corrected chi connectivity index (χ0v) is 14.7. The van der Waals surface area contributed by atoms with Crippen LogP contribution in [-0.2, 0) is 6.42 Å². The first kappa shape index (κ1) is 16.3. The highest BCUT2D eigenvalue weighted by Crippen LogP contribution is 2.27. The lowest BCUT2D eigenvalue weighted by Crippen LogP contribution is -2.25. The Balaban J connectivity index is 2.25. The van der Waals surface area contributed by atoms with Crippen molar-refractivity contribution in [2.75, 3.05) is 6.54 Å². The summed E-state index contributed by atoms with van der Waals surface area (Å²) in [7, 11) is 0. The second-order valence-electron chi connectivity index (χ2n) is 5.65. The summed E-state index contributed by atoms with van der Waals surface area (Å²) in [5.41, 5.74) is 5.42. The highest BCUT2D eigenvalue weighted by Gasteiger charge is 2.15. The lowest BCUT2D eigenvalue weighted by Gasteiger charge is -2.22. The third-order valence-corrected chi connectivity index (χ3v) is 4.75. The Morgan fingerprint density at radius 1 is 1.05 bits per heavy atom. The average molecular weight is 346 g/mol. The molecule has 0 heterocycles. The van der Waals surface area contributed by atoms with Crippen molar-refractivity contribution < 1.29 is 0 Å². The van der Waals surface area contributed by atoms with Gasteiger partial charge in [-0.15, -0.1) is 0 Å². The Labute approximate surface area is 136 Å². The van der Waals surface area contributed by atoms with Gasteiger partial charge in [-0.2, -0.15) is 0 Å². The standard InChI is InChI=1S/C19H24BrN/c1-4-12-21-19(13-16-10-8-14(2)9-11-16)17-6-5-7-18(20)15(17)3/h5-11,19,21H,4,12-13H2,1-3H3. The lowest BCUT2D eigenvalue weighted by molar-refractivity contribution is 0.527. The molecule has 0 aliphatic carbocycles. The smallest absolute Gasteiger partial charge is 0.0363 e. The van der Waals surface area contributed by atoms with Crippen molar-refractivity contribution in [2.45, 2.75) is 39.7 Å². The number of halogens is 1. The van der Waals surface area contributed by atoms with Crippen molar-refractivity contribution in [3.05, 3.63) is 69.2 Å². The topological polar surface area (TPSA) is 12.0 Å². The first-order valence-electron chi connectivity index (χ1n) is 7.65. The van der Waals surface area contributed by atoms with Gasteiger partial charge in [-0.3, -0.25) is 0 Å². The van der Waals surface area contributed by atoms with Crippen LogP contribution in [0, 0.1) is 13.8 Å². The molecule has 2 aromatic carbocycles. The van der Waals surface area contributed by atoms with Crippen molar-refractivity contribution in [1.29, 1.82) is 0 Å². The SMILES string of the molecule is CCCNC(Cc1ccc(C)cc1)c1cccc(Br)c1C. The molecule has 0 amide bonds. The predicted octanol–water partition coefficient (Wildman–Crippen LogP) is 5.35. The largest absolute Gasteiger partial charge is 0.310 e. The summed E-state index contributed by atoms with van der Waals surface area (Å²) in [6.45, 7) is 7.58. The maximum atomic E-state index is 3.70. The highest BCUT2D eigenvalue weighted by molar-refractivity contribution is 9.10. The van der Waals surface area contributed by atoms with E-state index < -0.39 is 0 Å². The molecule has 2 rings (SSSR count). The van der Waals surface area contributed by atoms with Crippen LogP contribution in [0.3, 0.4) is 0 Å². The van der Waals surface area contributed by atoms with E-state index in [-0.39, 0.29) is 0 Å². The second-order valence-corrected chi connectivity index (χ2v) is 6.50. The maximum absolute atomic E-state index is 3.70. The molecule has 0 saturated carbocycles. The summed E-state index contributed by atoms with van der Waals surface area (Å²) in [6, 6.07) is 15.7. The lowest BCUT2D eigenvalue weighted by atomic mass is 9.95. The minimum Gasteiger partial charge on any atom is -0.310 e. The summed E-state index contributed by atoms with van der Waals surface area (Å²) < 4.78 is 1.19. The summed E-state index contributed by atoms with van der Waals surface area (Å²) in [5.74, 6) is 0. The molecule has 0 radical (unpaired) electrons. The predicted molar refractivity (Wildman–Crippen MR) is 94.8 cm³/mol. The summed E-state index contributed by atoms with van der Waals surface area (Å²) in [6.07, 6.45) is 2.18. The van der Waals surface area contributed by atoms with Crippen LogP contribution < -0.4 is 5.32 Å². The van der Waals surface area contributed by atoms with Gasteiger partial charge in [0, 0.05) is 10.5 Å². The summed E-state index contributed by atoms with van der Waals surface area (Å²) in [4.78, 5) is 0. The van der Waals surface area contributed by atoms with E-state index >= 15 is 0 Å². The monoisotopic (exact) mass is 345 g/mol. The molecule has 0 aromatic heterocycles. The molecule has 2 heteroatoms. The molecule has 1 N–H and O–H groups in total. The van der Waals surface area contributed by atoms with Gasteiger partial charge in [0.05, 0.1) is 0 Å². The van der Waals surface area contributed by atoms with Crippen molar-refractivity contribution in [2.24, 2.45) is 0 Å². The zero-order valence-electron chi connectivity index (χ0n) is 13.1. The molecular formula is C19H24BrN.